The fourth-order valence-electron chi connectivity index (χ4n) is 3.65. The second-order valence-electron chi connectivity index (χ2n) is 6.24. The Hall–Kier alpha value is -0.980. The Morgan fingerprint density at radius 2 is 2.19 bits per heavy atom. The lowest BCUT2D eigenvalue weighted by Crippen LogP contribution is -2.67. The van der Waals surface area contributed by atoms with Gasteiger partial charge in [-0.15, -0.1) is 0 Å². The predicted molar refractivity (Wildman–Crippen MR) is 80.8 cm³/mol. The molecular weight excluding hydrogens is 288 g/mol. The molecule has 0 bridgehead atoms. The molecule has 2 fully saturated rings. The van der Waals surface area contributed by atoms with Crippen molar-refractivity contribution in [2.75, 3.05) is 32.6 Å². The summed E-state index contributed by atoms with van der Waals surface area (Å²) in [4.78, 5) is 6.66. The molecule has 0 N–H and O–H groups in total. The summed E-state index contributed by atoms with van der Waals surface area (Å²) in [5.41, 5.74) is 2.00. The number of nitrogens with zero attached hydrogens (tertiary/aromatic N) is 2. The summed E-state index contributed by atoms with van der Waals surface area (Å²) in [6, 6.07) is 5.96. The topological polar surface area (TPSA) is 59.5 Å². The van der Waals surface area contributed by atoms with E-state index in [1.54, 1.807) is 7.11 Å². The van der Waals surface area contributed by atoms with Crippen LogP contribution in [0.3, 0.4) is 0 Å². The molecule has 1 unspecified atom stereocenters. The van der Waals surface area contributed by atoms with Gasteiger partial charge in [0.1, 0.15) is 4.75 Å². The number of ether oxygens (including phenoxy) is 1. The Morgan fingerprint density at radius 3 is 2.86 bits per heavy atom. The number of aromatic nitrogens is 1. The molecule has 1 aromatic rings. The zero-order valence-electron chi connectivity index (χ0n) is 12.6. The maximum atomic E-state index is 12.4. The maximum Gasteiger partial charge on any atom is 0.158 e. The highest BCUT2D eigenvalue weighted by atomic mass is 32.2. The van der Waals surface area contributed by atoms with E-state index in [-0.39, 0.29) is 5.92 Å². The summed E-state index contributed by atoms with van der Waals surface area (Å²) in [6.45, 7) is 4.45. The van der Waals surface area contributed by atoms with Gasteiger partial charge in [0.15, 0.2) is 9.84 Å². The number of hydrogen-bond acceptors (Lipinski definition) is 5. The normalized spacial score (nSPS) is 26.9. The summed E-state index contributed by atoms with van der Waals surface area (Å²) in [5, 5.41) is 0. The van der Waals surface area contributed by atoms with E-state index in [9.17, 15) is 8.42 Å². The smallest absolute Gasteiger partial charge is 0.158 e. The molecule has 2 aliphatic heterocycles. The highest BCUT2D eigenvalue weighted by Gasteiger charge is 2.61. The Morgan fingerprint density at radius 1 is 1.43 bits per heavy atom. The van der Waals surface area contributed by atoms with Crippen molar-refractivity contribution in [3.8, 4) is 0 Å². The van der Waals surface area contributed by atoms with E-state index in [2.05, 4.69) is 9.88 Å². The fourth-order valence-corrected chi connectivity index (χ4v) is 6.10. The lowest BCUT2D eigenvalue weighted by molar-refractivity contribution is 0.0404. The third-order valence-corrected chi connectivity index (χ3v) is 7.38. The van der Waals surface area contributed by atoms with E-state index < -0.39 is 14.6 Å². The molecule has 1 atom stereocenters. The van der Waals surface area contributed by atoms with Crippen LogP contribution >= 0.6 is 0 Å². The minimum Gasteiger partial charge on any atom is -0.384 e. The SMILES string of the molecule is COCC1CCS(=O)(=O)C12CN(Cc1cccc(C)n1)C2. The van der Waals surface area contributed by atoms with Crippen LogP contribution in [0.2, 0.25) is 0 Å². The van der Waals surface area contributed by atoms with Crippen molar-refractivity contribution in [1.82, 2.24) is 9.88 Å². The number of likely N-dealkylation sites (tertiary alicyclic amines) is 1. The van der Waals surface area contributed by atoms with Gasteiger partial charge in [-0.05, 0) is 25.5 Å². The van der Waals surface area contributed by atoms with Crippen molar-refractivity contribution in [1.29, 1.82) is 0 Å². The lowest BCUT2D eigenvalue weighted by Gasteiger charge is -2.49. The van der Waals surface area contributed by atoms with E-state index in [4.69, 9.17) is 4.74 Å². The third-order valence-electron chi connectivity index (χ3n) is 4.78. The molecule has 0 saturated carbocycles. The Labute approximate surface area is 126 Å². The van der Waals surface area contributed by atoms with Gasteiger partial charge in [0.2, 0.25) is 0 Å². The molecule has 21 heavy (non-hydrogen) atoms. The molecule has 0 amide bonds. The molecule has 1 aromatic heterocycles. The first-order valence-electron chi connectivity index (χ1n) is 7.33. The average molecular weight is 310 g/mol. The van der Waals surface area contributed by atoms with Gasteiger partial charge >= 0.3 is 0 Å². The van der Waals surface area contributed by atoms with E-state index in [1.807, 2.05) is 25.1 Å². The van der Waals surface area contributed by atoms with Crippen LogP contribution in [0.1, 0.15) is 17.8 Å². The van der Waals surface area contributed by atoms with Gasteiger partial charge in [-0.25, -0.2) is 8.42 Å². The molecule has 1 spiro atoms. The summed E-state index contributed by atoms with van der Waals surface area (Å²) < 4.78 is 29.5. The molecule has 116 valence electrons. The summed E-state index contributed by atoms with van der Waals surface area (Å²) in [6.07, 6.45) is 0.729. The standard InChI is InChI=1S/C15H22N2O3S/c1-12-4-3-5-14(16-12)8-17-10-15(11-17)13(9-20-2)6-7-21(15,18)19/h3-5,13H,6-11H2,1-2H3. The summed E-state index contributed by atoms with van der Waals surface area (Å²) in [7, 11) is -1.35. The number of sulfone groups is 1. The number of methoxy groups -OCH3 is 1. The van der Waals surface area contributed by atoms with Gasteiger partial charge in [0.25, 0.3) is 0 Å². The second kappa shape index (κ2) is 5.34. The lowest BCUT2D eigenvalue weighted by atomic mass is 9.83. The van der Waals surface area contributed by atoms with Gasteiger partial charge < -0.3 is 4.74 Å². The van der Waals surface area contributed by atoms with Crippen LogP contribution in [0, 0.1) is 12.8 Å². The number of aryl methyl sites for hydroxylation is 1. The molecule has 0 aliphatic carbocycles. The van der Waals surface area contributed by atoms with Crippen LogP contribution in [0.5, 0.6) is 0 Å². The van der Waals surface area contributed by atoms with Crippen molar-refractivity contribution < 1.29 is 13.2 Å². The highest BCUT2D eigenvalue weighted by molar-refractivity contribution is 7.93. The summed E-state index contributed by atoms with van der Waals surface area (Å²) in [5.74, 6) is 0.437. The molecule has 0 radical (unpaired) electrons. The first-order chi connectivity index (χ1) is 9.97. The Kier molecular flexibility index (Phi) is 3.80. The molecule has 2 saturated heterocycles. The molecule has 6 heteroatoms. The van der Waals surface area contributed by atoms with Crippen LogP contribution in [-0.2, 0) is 21.1 Å². The van der Waals surface area contributed by atoms with Gasteiger partial charge in [-0.2, -0.15) is 0 Å². The summed E-state index contributed by atoms with van der Waals surface area (Å²) >= 11 is 0. The van der Waals surface area contributed by atoms with Crippen LogP contribution < -0.4 is 0 Å². The van der Waals surface area contributed by atoms with E-state index >= 15 is 0 Å². The van der Waals surface area contributed by atoms with Crippen LogP contribution in [0.15, 0.2) is 18.2 Å². The average Bonchev–Trinajstić information content (AvgIpc) is 2.63. The Bertz CT molecular complexity index is 624. The van der Waals surface area contributed by atoms with Crippen molar-refractivity contribution in [2.45, 2.75) is 24.6 Å². The number of hydrogen-bond donors (Lipinski definition) is 0. The predicted octanol–water partition coefficient (Wildman–Crippen LogP) is 1.03. The van der Waals surface area contributed by atoms with Crippen LogP contribution in [-0.4, -0.2) is 55.6 Å². The largest absolute Gasteiger partial charge is 0.384 e. The first-order valence-corrected chi connectivity index (χ1v) is 8.98. The molecule has 3 heterocycles. The van der Waals surface area contributed by atoms with E-state index in [1.165, 1.54) is 0 Å². The zero-order chi connectivity index (χ0) is 15.1. The Balaban J connectivity index is 1.70. The molecular formula is C15H22N2O3S. The molecule has 5 nitrogen and oxygen atoms in total. The zero-order valence-corrected chi connectivity index (χ0v) is 13.4. The van der Waals surface area contributed by atoms with E-state index in [0.29, 0.717) is 25.4 Å². The first kappa shape index (κ1) is 14.9. The second-order valence-corrected chi connectivity index (χ2v) is 8.69. The monoisotopic (exact) mass is 310 g/mol. The third kappa shape index (κ3) is 2.49. The maximum absolute atomic E-state index is 12.4. The van der Waals surface area contributed by atoms with Crippen LogP contribution in [0.4, 0.5) is 0 Å². The molecule has 2 aliphatic rings. The number of rotatable bonds is 4. The molecule has 3 rings (SSSR count). The van der Waals surface area contributed by atoms with E-state index in [0.717, 1.165) is 24.4 Å². The minimum atomic E-state index is -3.00. The highest BCUT2D eigenvalue weighted by Crippen LogP contribution is 2.45. The van der Waals surface area contributed by atoms with Gasteiger partial charge in [0.05, 0.1) is 18.1 Å². The van der Waals surface area contributed by atoms with Crippen molar-refractivity contribution in [2.24, 2.45) is 5.92 Å². The van der Waals surface area contributed by atoms with Crippen molar-refractivity contribution in [3.63, 3.8) is 0 Å². The van der Waals surface area contributed by atoms with Crippen molar-refractivity contribution in [3.05, 3.63) is 29.6 Å². The van der Waals surface area contributed by atoms with Gasteiger partial charge in [0, 0.05) is 38.4 Å². The quantitative estimate of drug-likeness (QED) is 0.831. The minimum absolute atomic E-state index is 0.134. The van der Waals surface area contributed by atoms with Crippen molar-refractivity contribution >= 4 is 9.84 Å². The number of pyridine rings is 1. The van der Waals surface area contributed by atoms with Crippen LogP contribution in [0.25, 0.3) is 0 Å². The molecule has 0 aromatic carbocycles. The van der Waals surface area contributed by atoms with Gasteiger partial charge in [-0.3, -0.25) is 9.88 Å². The van der Waals surface area contributed by atoms with Gasteiger partial charge in [-0.1, -0.05) is 6.07 Å². The fraction of sp³-hybridized carbons (Fsp3) is 0.667.